The van der Waals surface area contributed by atoms with E-state index in [0.717, 1.165) is 44.9 Å². The van der Waals surface area contributed by atoms with Gasteiger partial charge >= 0.3 is 0 Å². The van der Waals surface area contributed by atoms with Crippen LogP contribution >= 0.6 is 0 Å². The highest BCUT2D eigenvalue weighted by atomic mass is 28.3. The average Bonchev–Trinajstić information content (AvgIpc) is 3.99. The van der Waals surface area contributed by atoms with Gasteiger partial charge in [-0.1, -0.05) is 188 Å². The molecule has 0 N–H and O–H groups in total. The van der Waals surface area contributed by atoms with E-state index < -0.39 is 8.07 Å². The Morgan fingerprint density at radius 2 is 0.905 bits per heavy atom. The molecular weight excluding hydrogens is 781 g/mol. The van der Waals surface area contributed by atoms with E-state index in [0.29, 0.717) is 5.82 Å². The fourth-order valence-electron chi connectivity index (χ4n) is 10.7. The van der Waals surface area contributed by atoms with E-state index in [-0.39, 0.29) is 0 Å². The quantitative estimate of drug-likeness (QED) is 0.157. The molecule has 0 fully saturated rings. The molecule has 0 unspecified atom stereocenters. The maximum Gasteiger partial charge on any atom is 0.185 e. The Hall–Kier alpha value is -8.12. The minimum atomic E-state index is -2.92. The smallest absolute Gasteiger partial charge is 0.185 e. The van der Waals surface area contributed by atoms with Crippen molar-refractivity contribution in [2.75, 3.05) is 0 Å². The van der Waals surface area contributed by atoms with Crippen LogP contribution in [0, 0.1) is 0 Å². The lowest BCUT2D eigenvalue weighted by atomic mass is 10.1. The molecule has 12 aromatic rings. The third-order valence-electron chi connectivity index (χ3n) is 13.2. The number of hydrogen-bond acceptors (Lipinski definition) is 2. The van der Waals surface area contributed by atoms with Gasteiger partial charge in [-0.2, -0.15) is 0 Å². The summed E-state index contributed by atoms with van der Waals surface area (Å²) in [5.74, 6) is 0.703. The zero-order valence-corrected chi connectivity index (χ0v) is 35.2. The van der Waals surface area contributed by atoms with Crippen molar-refractivity contribution in [2.24, 2.45) is 0 Å². The van der Waals surface area contributed by atoms with Crippen molar-refractivity contribution in [3.63, 3.8) is 0 Å². The van der Waals surface area contributed by atoms with Crippen LogP contribution in [0.2, 0.25) is 0 Å². The van der Waals surface area contributed by atoms with Crippen LogP contribution in [-0.2, 0) is 0 Å². The Morgan fingerprint density at radius 1 is 0.365 bits per heavy atom. The van der Waals surface area contributed by atoms with Crippen LogP contribution < -0.4 is 20.7 Å². The van der Waals surface area contributed by atoms with E-state index in [9.17, 15) is 0 Å². The second-order valence-electron chi connectivity index (χ2n) is 16.4. The topological polar surface area (TPSA) is 35.6 Å². The molecule has 4 nitrogen and oxygen atoms in total. The number of hydrogen-bond donors (Lipinski definition) is 0. The average molecular weight is 819 g/mol. The summed E-state index contributed by atoms with van der Waals surface area (Å²) in [6.07, 6.45) is 0. The molecule has 13 rings (SSSR count). The summed E-state index contributed by atoms with van der Waals surface area (Å²) >= 11 is 0. The van der Waals surface area contributed by atoms with Gasteiger partial charge < -0.3 is 9.13 Å². The van der Waals surface area contributed by atoms with Crippen LogP contribution in [0.4, 0.5) is 0 Å². The molecule has 0 atom stereocenters. The molecule has 9 aromatic carbocycles. The molecule has 0 aliphatic carbocycles. The van der Waals surface area contributed by atoms with Gasteiger partial charge in [-0.25, -0.2) is 9.97 Å². The van der Waals surface area contributed by atoms with E-state index in [1.165, 1.54) is 58.9 Å². The van der Waals surface area contributed by atoms with Gasteiger partial charge in [-0.15, -0.1) is 0 Å². The van der Waals surface area contributed by atoms with Gasteiger partial charge in [0.2, 0.25) is 0 Å². The first-order valence-electron chi connectivity index (χ1n) is 21.6. The summed E-state index contributed by atoms with van der Waals surface area (Å²) in [6.45, 7) is 0. The highest BCUT2D eigenvalue weighted by Gasteiger charge is 2.51. The minimum absolute atomic E-state index is 0.703. The van der Waals surface area contributed by atoms with E-state index in [4.69, 9.17) is 9.97 Å². The number of para-hydroxylation sites is 4. The summed E-state index contributed by atoms with van der Waals surface area (Å²) in [7, 11) is -2.92. The van der Waals surface area contributed by atoms with Crippen molar-refractivity contribution in [1.82, 2.24) is 19.1 Å². The van der Waals surface area contributed by atoms with Crippen LogP contribution in [-0.4, -0.2) is 27.2 Å². The van der Waals surface area contributed by atoms with Crippen LogP contribution in [0.3, 0.4) is 0 Å². The molecule has 63 heavy (non-hydrogen) atoms. The molecule has 1 aliphatic rings. The van der Waals surface area contributed by atoms with Gasteiger partial charge in [0.25, 0.3) is 0 Å². The Kier molecular flexibility index (Phi) is 7.89. The minimum Gasteiger partial charge on any atom is -0.309 e. The lowest BCUT2D eigenvalue weighted by Crippen LogP contribution is -2.73. The van der Waals surface area contributed by atoms with E-state index in [2.05, 4.69) is 240 Å². The third kappa shape index (κ3) is 5.08. The van der Waals surface area contributed by atoms with Crippen LogP contribution in [0.25, 0.3) is 88.9 Å². The largest absolute Gasteiger partial charge is 0.309 e. The standard InChI is InChI=1S/C58H38N4Si/c1-5-21-39(22-6-1)54-57-55(47-32-16-20-36-52(47)63(57,41-25-9-3-10-26-41)42-27-11-4-12-28-42)60-58(59-54)46-31-15-19-35-50(46)62-49-34-18-14-30-45(49)53-51(62)38-37-44-43-29-13-17-33-48(43)61(56(44)53)40-23-7-2-8-24-40/h1-38H. The van der Waals surface area contributed by atoms with Crippen molar-refractivity contribution in [3.05, 3.63) is 231 Å². The first kappa shape index (κ1) is 35.6. The van der Waals surface area contributed by atoms with E-state index in [1.807, 2.05) is 0 Å². The van der Waals surface area contributed by atoms with Gasteiger partial charge in [-0.05, 0) is 58.0 Å². The fraction of sp³-hybridized carbons (Fsp3) is 0. The molecule has 5 heteroatoms. The van der Waals surface area contributed by atoms with Gasteiger partial charge in [0.1, 0.15) is 0 Å². The Balaban J connectivity index is 1.13. The number of rotatable bonds is 6. The number of benzene rings is 9. The predicted molar refractivity (Wildman–Crippen MR) is 264 cm³/mol. The van der Waals surface area contributed by atoms with Crippen LogP contribution in [0.1, 0.15) is 0 Å². The van der Waals surface area contributed by atoms with Gasteiger partial charge in [0.05, 0.1) is 39.1 Å². The number of aromatic nitrogens is 4. The molecule has 4 heterocycles. The Morgan fingerprint density at radius 3 is 1.62 bits per heavy atom. The normalized spacial score (nSPS) is 12.9. The SMILES string of the molecule is c1ccc(-c2nc(-c3ccccc3-n3c4ccccc4c4c3ccc3c5ccccc5n(-c5ccccc5)c34)nc3c2[Si](c2ccccc2)(c2ccccc2)c2ccccc2-3)cc1. The first-order chi connectivity index (χ1) is 31.3. The molecule has 0 radical (unpaired) electrons. The molecule has 0 spiro atoms. The summed E-state index contributed by atoms with van der Waals surface area (Å²) in [5.41, 5.74) is 12.1. The highest BCUT2D eigenvalue weighted by molar-refractivity contribution is 7.22. The summed E-state index contributed by atoms with van der Waals surface area (Å²) in [6, 6.07) is 83.7. The molecular formula is C58H38N4Si. The van der Waals surface area contributed by atoms with Gasteiger partial charge in [0, 0.05) is 49.1 Å². The van der Waals surface area contributed by atoms with Crippen molar-refractivity contribution in [2.45, 2.75) is 0 Å². The summed E-state index contributed by atoms with van der Waals surface area (Å²) in [4.78, 5) is 11.6. The molecule has 1 aliphatic heterocycles. The molecule has 0 saturated carbocycles. The van der Waals surface area contributed by atoms with Crippen molar-refractivity contribution < 1.29 is 0 Å². The molecule has 0 bridgehead atoms. The van der Waals surface area contributed by atoms with E-state index >= 15 is 0 Å². The lowest BCUT2D eigenvalue weighted by molar-refractivity contribution is 1.14. The fourth-order valence-corrected chi connectivity index (χ4v) is 15.9. The van der Waals surface area contributed by atoms with Gasteiger partial charge in [-0.3, -0.25) is 0 Å². The van der Waals surface area contributed by atoms with Crippen molar-refractivity contribution in [3.8, 4) is 45.3 Å². The zero-order valence-electron chi connectivity index (χ0n) is 34.2. The molecule has 0 amide bonds. The monoisotopic (exact) mass is 818 g/mol. The lowest BCUT2D eigenvalue weighted by Gasteiger charge is -2.32. The summed E-state index contributed by atoms with van der Waals surface area (Å²) in [5, 5.41) is 10.1. The zero-order chi connectivity index (χ0) is 41.5. The number of nitrogens with zero attached hydrogens (tertiary/aromatic N) is 4. The molecule has 294 valence electrons. The van der Waals surface area contributed by atoms with Gasteiger partial charge in [0.15, 0.2) is 13.9 Å². The second kappa shape index (κ2) is 14.0. The maximum absolute atomic E-state index is 5.78. The summed E-state index contributed by atoms with van der Waals surface area (Å²) < 4.78 is 4.88. The molecule has 0 saturated heterocycles. The van der Waals surface area contributed by atoms with E-state index in [1.54, 1.807) is 0 Å². The second-order valence-corrected chi connectivity index (χ2v) is 20.1. The van der Waals surface area contributed by atoms with Crippen LogP contribution in [0.15, 0.2) is 231 Å². The Bertz CT molecular complexity index is 3690. The predicted octanol–water partition coefficient (Wildman–Crippen LogP) is 11.4. The van der Waals surface area contributed by atoms with Crippen LogP contribution in [0.5, 0.6) is 0 Å². The van der Waals surface area contributed by atoms with Crippen molar-refractivity contribution >= 4 is 72.4 Å². The Labute approximate surface area is 365 Å². The third-order valence-corrected chi connectivity index (χ3v) is 18.1. The number of fused-ring (bicyclic) bond motifs is 10. The maximum atomic E-state index is 5.78. The highest BCUT2D eigenvalue weighted by Crippen LogP contribution is 2.43. The van der Waals surface area contributed by atoms with Crippen molar-refractivity contribution in [1.29, 1.82) is 0 Å². The molecule has 3 aromatic heterocycles. The first-order valence-corrected chi connectivity index (χ1v) is 23.6.